The monoisotopic (exact) mass is 322 g/mol. The van der Waals surface area contributed by atoms with Crippen molar-refractivity contribution in [1.29, 1.82) is 0 Å². The number of alkyl halides is 6. The molecular formula is C5H4Cl6O3. The molecule has 1 aliphatic heterocycles. The third-order valence-electron chi connectivity index (χ3n) is 1.22. The normalized spacial score (nSPS) is 30.4. The first kappa shape index (κ1) is 13.7. The fourth-order valence-electron chi connectivity index (χ4n) is 0.697. The van der Waals surface area contributed by atoms with Crippen LogP contribution in [-0.4, -0.2) is 27.0 Å². The quantitative estimate of drug-likeness (QED) is 0.639. The van der Waals surface area contributed by atoms with E-state index in [9.17, 15) is 0 Å². The van der Waals surface area contributed by atoms with E-state index in [0.29, 0.717) is 0 Å². The van der Waals surface area contributed by atoms with Crippen molar-refractivity contribution in [3.63, 3.8) is 0 Å². The van der Waals surface area contributed by atoms with Crippen LogP contribution in [0.3, 0.4) is 0 Å². The van der Waals surface area contributed by atoms with E-state index >= 15 is 0 Å². The Labute approximate surface area is 110 Å². The maximum atomic E-state index is 5.52. The molecule has 0 amide bonds. The fourth-order valence-corrected chi connectivity index (χ4v) is 1.38. The van der Waals surface area contributed by atoms with Crippen molar-refractivity contribution in [2.45, 2.75) is 20.2 Å². The lowest BCUT2D eigenvalue weighted by Crippen LogP contribution is -2.46. The van der Waals surface area contributed by atoms with Gasteiger partial charge in [-0.25, -0.2) is 0 Å². The standard InChI is InChI=1S/C5H4Cl6O3/c6-4(7,8)2-12-1-13-3(14-2)5(9,10)11/h2-3H,1H2/t2-,3+. The summed E-state index contributed by atoms with van der Waals surface area (Å²) in [5, 5.41) is 0. The maximum Gasteiger partial charge on any atom is 0.241 e. The number of hydrogen-bond acceptors (Lipinski definition) is 3. The molecule has 0 unspecified atom stereocenters. The first-order valence-corrected chi connectivity index (χ1v) is 5.50. The molecule has 2 atom stereocenters. The Morgan fingerprint density at radius 2 is 1.14 bits per heavy atom. The Balaban J connectivity index is 2.61. The molecule has 9 heteroatoms. The summed E-state index contributed by atoms with van der Waals surface area (Å²) < 4.78 is 11.2. The summed E-state index contributed by atoms with van der Waals surface area (Å²) in [6.45, 7) is -0.183. The molecule has 1 fully saturated rings. The van der Waals surface area contributed by atoms with Gasteiger partial charge in [0.15, 0.2) is 6.79 Å². The van der Waals surface area contributed by atoms with Crippen LogP contribution in [0, 0.1) is 0 Å². The number of hydrogen-bond donors (Lipinski definition) is 0. The van der Waals surface area contributed by atoms with Gasteiger partial charge in [-0.3, -0.25) is 0 Å². The van der Waals surface area contributed by atoms with Crippen molar-refractivity contribution >= 4 is 69.6 Å². The van der Waals surface area contributed by atoms with Gasteiger partial charge in [-0.15, -0.1) is 0 Å². The average molecular weight is 325 g/mol. The molecule has 1 heterocycles. The van der Waals surface area contributed by atoms with Crippen molar-refractivity contribution in [3.8, 4) is 0 Å². The van der Waals surface area contributed by atoms with E-state index in [1.54, 1.807) is 0 Å². The molecule has 0 aliphatic carbocycles. The average Bonchev–Trinajstić information content (AvgIpc) is 2.01. The highest BCUT2D eigenvalue weighted by Crippen LogP contribution is 2.40. The summed E-state index contributed by atoms with van der Waals surface area (Å²) >= 11 is 33.1. The molecule has 1 rings (SSSR count). The summed E-state index contributed by atoms with van der Waals surface area (Å²) in [4.78, 5) is 0. The molecule has 0 N–H and O–H groups in total. The second-order valence-corrected chi connectivity index (χ2v) is 7.07. The largest absolute Gasteiger partial charge is 0.322 e. The zero-order chi connectivity index (χ0) is 11.0. The smallest absolute Gasteiger partial charge is 0.241 e. The van der Waals surface area contributed by atoms with Crippen LogP contribution in [-0.2, 0) is 14.2 Å². The van der Waals surface area contributed by atoms with E-state index in [-0.39, 0.29) is 6.79 Å². The molecule has 0 saturated carbocycles. The maximum absolute atomic E-state index is 5.52. The number of ether oxygens (including phenoxy) is 3. The second-order valence-electron chi connectivity index (χ2n) is 2.33. The van der Waals surface area contributed by atoms with Gasteiger partial charge in [0.2, 0.25) is 20.2 Å². The molecule has 0 aromatic rings. The van der Waals surface area contributed by atoms with Crippen LogP contribution >= 0.6 is 69.6 Å². The van der Waals surface area contributed by atoms with Crippen LogP contribution < -0.4 is 0 Å². The van der Waals surface area contributed by atoms with Crippen molar-refractivity contribution < 1.29 is 14.2 Å². The van der Waals surface area contributed by atoms with Crippen LogP contribution in [0.15, 0.2) is 0 Å². The zero-order valence-electron chi connectivity index (χ0n) is 6.35. The highest BCUT2D eigenvalue weighted by atomic mass is 35.6. The van der Waals surface area contributed by atoms with Crippen LogP contribution in [0.1, 0.15) is 0 Å². The Morgan fingerprint density at radius 1 is 0.786 bits per heavy atom. The first-order chi connectivity index (χ1) is 6.21. The molecular weight excluding hydrogens is 321 g/mol. The molecule has 3 nitrogen and oxygen atoms in total. The van der Waals surface area contributed by atoms with Crippen LogP contribution in [0.2, 0.25) is 0 Å². The Bertz CT molecular complexity index is 179. The van der Waals surface area contributed by atoms with Gasteiger partial charge in [0.25, 0.3) is 0 Å². The van der Waals surface area contributed by atoms with Crippen LogP contribution in [0.5, 0.6) is 0 Å². The first-order valence-electron chi connectivity index (χ1n) is 3.23. The summed E-state index contributed by atoms with van der Waals surface area (Å²) in [6, 6.07) is 0. The lowest BCUT2D eigenvalue weighted by Gasteiger charge is -2.36. The minimum atomic E-state index is -1.77. The molecule has 0 radical (unpaired) electrons. The van der Waals surface area contributed by atoms with Crippen molar-refractivity contribution in [3.05, 3.63) is 0 Å². The van der Waals surface area contributed by atoms with E-state index < -0.39 is 20.2 Å². The van der Waals surface area contributed by atoms with Crippen molar-refractivity contribution in [2.24, 2.45) is 0 Å². The van der Waals surface area contributed by atoms with Gasteiger partial charge in [0.05, 0.1) is 0 Å². The Kier molecular flexibility index (Phi) is 4.75. The molecule has 1 saturated heterocycles. The lowest BCUT2D eigenvalue weighted by atomic mass is 10.6. The SMILES string of the molecule is ClC(Cl)(Cl)[C@@H]1OCO[C@H](C(Cl)(Cl)Cl)O1. The Hall–Kier alpha value is 1.62. The summed E-state index contributed by atoms with van der Waals surface area (Å²) in [7, 11) is 0. The van der Waals surface area contributed by atoms with E-state index in [1.807, 2.05) is 0 Å². The number of halogens is 6. The third kappa shape index (κ3) is 3.89. The van der Waals surface area contributed by atoms with Gasteiger partial charge in [0, 0.05) is 0 Å². The van der Waals surface area contributed by atoms with E-state index in [2.05, 4.69) is 0 Å². The molecule has 1 aliphatic rings. The van der Waals surface area contributed by atoms with Crippen LogP contribution in [0.25, 0.3) is 0 Å². The van der Waals surface area contributed by atoms with E-state index in [4.69, 9.17) is 83.8 Å². The van der Waals surface area contributed by atoms with E-state index in [0.717, 1.165) is 0 Å². The highest BCUT2D eigenvalue weighted by molar-refractivity contribution is 6.68. The zero-order valence-corrected chi connectivity index (χ0v) is 10.9. The van der Waals surface area contributed by atoms with Crippen molar-refractivity contribution in [1.82, 2.24) is 0 Å². The molecule has 0 bridgehead atoms. The third-order valence-corrected chi connectivity index (χ3v) is 2.29. The van der Waals surface area contributed by atoms with Crippen molar-refractivity contribution in [2.75, 3.05) is 6.79 Å². The van der Waals surface area contributed by atoms with Gasteiger partial charge >= 0.3 is 0 Å². The summed E-state index contributed by atoms with van der Waals surface area (Å²) in [6.07, 6.45) is -2.27. The molecule has 0 aromatic carbocycles. The van der Waals surface area contributed by atoms with Gasteiger partial charge in [-0.2, -0.15) is 0 Å². The topological polar surface area (TPSA) is 27.7 Å². The predicted molar refractivity (Wildman–Crippen MR) is 56.3 cm³/mol. The highest BCUT2D eigenvalue weighted by Gasteiger charge is 2.45. The molecule has 0 aromatic heterocycles. The van der Waals surface area contributed by atoms with E-state index in [1.165, 1.54) is 0 Å². The predicted octanol–water partition coefficient (Wildman–Crippen LogP) is 3.40. The number of rotatable bonds is 0. The minimum Gasteiger partial charge on any atom is -0.322 e. The molecule has 14 heavy (non-hydrogen) atoms. The van der Waals surface area contributed by atoms with Crippen LogP contribution in [0.4, 0.5) is 0 Å². The molecule has 0 spiro atoms. The lowest BCUT2D eigenvalue weighted by molar-refractivity contribution is -0.340. The van der Waals surface area contributed by atoms with Gasteiger partial charge in [-0.05, 0) is 0 Å². The Morgan fingerprint density at radius 3 is 1.43 bits per heavy atom. The second kappa shape index (κ2) is 4.86. The molecule has 84 valence electrons. The summed E-state index contributed by atoms with van der Waals surface area (Å²) in [5.74, 6) is 0. The van der Waals surface area contributed by atoms with Gasteiger partial charge < -0.3 is 14.2 Å². The van der Waals surface area contributed by atoms with Gasteiger partial charge in [-0.1, -0.05) is 69.6 Å². The summed E-state index contributed by atoms with van der Waals surface area (Å²) in [5.41, 5.74) is 0. The minimum absolute atomic E-state index is 0.183. The van der Waals surface area contributed by atoms with Gasteiger partial charge in [0.1, 0.15) is 0 Å². The fraction of sp³-hybridized carbons (Fsp3) is 1.00.